The molecule has 2 aromatic carbocycles. The molecule has 146 valence electrons. The van der Waals surface area contributed by atoms with E-state index in [-0.39, 0.29) is 12.0 Å². The average Bonchev–Trinajstić information content (AvgIpc) is 2.74. The summed E-state index contributed by atoms with van der Waals surface area (Å²) >= 11 is 1.64. The predicted molar refractivity (Wildman–Crippen MR) is 111 cm³/mol. The number of amides is 2. The zero-order valence-electron chi connectivity index (χ0n) is 15.5. The van der Waals surface area contributed by atoms with E-state index in [1.807, 2.05) is 54.6 Å². The highest BCUT2D eigenvalue weighted by atomic mass is 32.2. The molecule has 0 atom stereocenters. The van der Waals surface area contributed by atoms with Crippen LogP contribution in [0.3, 0.4) is 0 Å². The van der Waals surface area contributed by atoms with E-state index in [9.17, 15) is 9.59 Å². The fourth-order valence-electron chi connectivity index (χ4n) is 2.71. The summed E-state index contributed by atoms with van der Waals surface area (Å²) in [5.41, 5.74) is 1.72. The van der Waals surface area contributed by atoms with Crippen LogP contribution in [0.15, 0.2) is 72.1 Å². The van der Waals surface area contributed by atoms with Crippen LogP contribution in [0.1, 0.15) is 5.56 Å². The maximum atomic E-state index is 12.2. The lowest BCUT2D eigenvalue weighted by atomic mass is 10.2. The predicted octanol–water partition coefficient (Wildman–Crippen LogP) is 3.77. The first-order valence-corrected chi connectivity index (χ1v) is 9.83. The summed E-state index contributed by atoms with van der Waals surface area (Å²) in [5.74, 6) is -0.226. The van der Waals surface area contributed by atoms with E-state index in [0.29, 0.717) is 19.7 Å². The van der Waals surface area contributed by atoms with E-state index in [2.05, 4.69) is 16.2 Å². The van der Waals surface area contributed by atoms with Crippen LogP contribution in [0.25, 0.3) is 0 Å². The van der Waals surface area contributed by atoms with Crippen LogP contribution in [0.5, 0.6) is 0 Å². The van der Waals surface area contributed by atoms with Crippen molar-refractivity contribution in [3.05, 3.63) is 72.8 Å². The molecule has 7 heteroatoms. The number of hydrogen-bond acceptors (Lipinski definition) is 5. The zero-order valence-corrected chi connectivity index (χ0v) is 16.4. The summed E-state index contributed by atoms with van der Waals surface area (Å²) in [6, 6.07) is 17.3. The second-order valence-corrected chi connectivity index (χ2v) is 7.44. The molecular weight excluding hydrogens is 374 g/mol. The van der Waals surface area contributed by atoms with Gasteiger partial charge in [-0.05, 0) is 47.9 Å². The first-order valence-electron chi connectivity index (χ1n) is 9.06. The fraction of sp³-hybridized carbons (Fsp3) is 0.238. The zero-order chi connectivity index (χ0) is 19.8. The van der Waals surface area contributed by atoms with E-state index in [1.165, 1.54) is 6.08 Å². The molecule has 1 saturated heterocycles. The average molecular weight is 398 g/mol. The van der Waals surface area contributed by atoms with Gasteiger partial charge < -0.3 is 15.0 Å². The number of hydrogen-bond donors (Lipinski definition) is 1. The number of piperazine rings is 1. The van der Waals surface area contributed by atoms with Crippen LogP contribution in [-0.4, -0.2) is 47.4 Å². The van der Waals surface area contributed by atoms with Crippen molar-refractivity contribution in [3.8, 4) is 0 Å². The van der Waals surface area contributed by atoms with Gasteiger partial charge >= 0.3 is 6.09 Å². The van der Waals surface area contributed by atoms with E-state index in [1.54, 1.807) is 16.8 Å². The van der Waals surface area contributed by atoms with E-state index in [0.717, 1.165) is 29.2 Å². The first-order chi connectivity index (χ1) is 13.6. The quantitative estimate of drug-likeness (QED) is 0.594. The Labute approximate surface area is 169 Å². The lowest BCUT2D eigenvalue weighted by Crippen LogP contribution is -2.46. The summed E-state index contributed by atoms with van der Waals surface area (Å²) in [7, 11) is 0. The van der Waals surface area contributed by atoms with Crippen LogP contribution in [0.4, 0.5) is 10.5 Å². The van der Waals surface area contributed by atoms with Gasteiger partial charge in [0.2, 0.25) is 5.91 Å². The van der Waals surface area contributed by atoms with Gasteiger partial charge in [0.25, 0.3) is 0 Å². The number of carbonyl (C=O) groups is 2. The molecule has 0 aromatic heterocycles. The Hall–Kier alpha value is -2.77. The Balaban J connectivity index is 1.41. The van der Waals surface area contributed by atoms with E-state index in [4.69, 9.17) is 4.74 Å². The van der Waals surface area contributed by atoms with Crippen molar-refractivity contribution >= 4 is 29.6 Å². The topological polar surface area (TPSA) is 61.9 Å². The van der Waals surface area contributed by atoms with Gasteiger partial charge in [0, 0.05) is 36.8 Å². The molecular formula is C21H23N3O3S. The Morgan fingerprint density at radius 3 is 2.36 bits per heavy atom. The standard InChI is InChI=1S/C21H23N3O3S/c1-2-20(25)22-18-8-10-19(11-9-18)28-24-14-12-23(13-15-24)21(26)27-16-17-6-4-3-5-7-17/h2-11H,1,12-16H2,(H,22,25). The number of anilines is 1. The molecule has 1 fully saturated rings. The molecule has 0 radical (unpaired) electrons. The van der Waals surface area contributed by atoms with Crippen molar-refractivity contribution in [2.24, 2.45) is 0 Å². The van der Waals surface area contributed by atoms with Crippen LogP contribution >= 0.6 is 11.9 Å². The minimum absolute atomic E-state index is 0.226. The first kappa shape index (κ1) is 20.0. The van der Waals surface area contributed by atoms with Crippen LogP contribution in [-0.2, 0) is 16.1 Å². The highest BCUT2D eigenvalue weighted by Gasteiger charge is 2.22. The van der Waals surface area contributed by atoms with Crippen molar-refractivity contribution in [3.63, 3.8) is 0 Å². The molecule has 2 aromatic rings. The number of benzene rings is 2. The van der Waals surface area contributed by atoms with Gasteiger partial charge in [0.1, 0.15) is 6.61 Å². The third-order valence-electron chi connectivity index (χ3n) is 4.24. The second kappa shape index (κ2) is 9.96. The Morgan fingerprint density at radius 1 is 1.04 bits per heavy atom. The van der Waals surface area contributed by atoms with E-state index >= 15 is 0 Å². The molecule has 0 spiro atoms. The highest BCUT2D eigenvalue weighted by Crippen LogP contribution is 2.25. The molecule has 1 heterocycles. The lowest BCUT2D eigenvalue weighted by molar-refractivity contribution is -0.111. The number of nitrogens with one attached hydrogen (secondary N) is 1. The van der Waals surface area contributed by atoms with Crippen LogP contribution in [0.2, 0.25) is 0 Å². The van der Waals surface area contributed by atoms with Gasteiger partial charge in [-0.15, -0.1) is 0 Å². The summed E-state index contributed by atoms with van der Waals surface area (Å²) in [6.07, 6.45) is 0.975. The van der Waals surface area contributed by atoms with Crippen LogP contribution in [0, 0.1) is 0 Å². The summed E-state index contributed by atoms with van der Waals surface area (Å²) in [6.45, 7) is 6.53. The molecule has 6 nitrogen and oxygen atoms in total. The summed E-state index contributed by atoms with van der Waals surface area (Å²) < 4.78 is 7.62. The third kappa shape index (κ3) is 5.87. The van der Waals surface area contributed by atoms with Crippen molar-refractivity contribution in [1.29, 1.82) is 0 Å². The Kier molecular flexibility index (Phi) is 7.11. The van der Waals surface area contributed by atoms with Gasteiger partial charge in [0.15, 0.2) is 0 Å². The molecule has 0 bridgehead atoms. The molecule has 28 heavy (non-hydrogen) atoms. The van der Waals surface area contributed by atoms with Gasteiger partial charge in [-0.1, -0.05) is 36.9 Å². The van der Waals surface area contributed by atoms with Gasteiger partial charge in [-0.3, -0.25) is 4.79 Å². The van der Waals surface area contributed by atoms with Crippen molar-refractivity contribution < 1.29 is 14.3 Å². The molecule has 0 unspecified atom stereocenters. The van der Waals surface area contributed by atoms with Crippen molar-refractivity contribution in [2.45, 2.75) is 11.5 Å². The van der Waals surface area contributed by atoms with Crippen molar-refractivity contribution in [2.75, 3.05) is 31.5 Å². The minimum Gasteiger partial charge on any atom is -0.445 e. The monoisotopic (exact) mass is 397 g/mol. The van der Waals surface area contributed by atoms with Gasteiger partial charge in [-0.2, -0.15) is 0 Å². The third-order valence-corrected chi connectivity index (χ3v) is 5.35. The second-order valence-electron chi connectivity index (χ2n) is 6.27. The molecule has 1 aliphatic rings. The molecule has 0 aliphatic carbocycles. The van der Waals surface area contributed by atoms with Crippen LogP contribution < -0.4 is 5.32 Å². The fourth-order valence-corrected chi connectivity index (χ4v) is 3.62. The van der Waals surface area contributed by atoms with Gasteiger partial charge in [-0.25, -0.2) is 9.10 Å². The molecule has 2 amide bonds. The molecule has 1 aliphatic heterocycles. The highest BCUT2D eigenvalue weighted by molar-refractivity contribution is 7.97. The summed E-state index contributed by atoms with van der Waals surface area (Å²) in [4.78, 5) is 26.4. The van der Waals surface area contributed by atoms with Crippen molar-refractivity contribution in [1.82, 2.24) is 9.21 Å². The SMILES string of the molecule is C=CC(=O)Nc1ccc(SN2CCN(C(=O)OCc3ccccc3)CC2)cc1. The Morgan fingerprint density at radius 2 is 1.71 bits per heavy atom. The number of carbonyl (C=O) groups excluding carboxylic acids is 2. The number of ether oxygens (including phenoxy) is 1. The van der Waals surface area contributed by atoms with E-state index < -0.39 is 0 Å². The normalized spacial score (nSPS) is 14.4. The number of rotatable bonds is 6. The maximum absolute atomic E-state index is 12.2. The lowest BCUT2D eigenvalue weighted by Gasteiger charge is -2.33. The maximum Gasteiger partial charge on any atom is 0.410 e. The minimum atomic E-state index is -0.268. The molecule has 3 rings (SSSR count). The molecule has 1 N–H and O–H groups in total. The van der Waals surface area contributed by atoms with Gasteiger partial charge in [0.05, 0.1) is 0 Å². The number of nitrogens with zero attached hydrogens (tertiary/aromatic N) is 2. The summed E-state index contributed by atoms with van der Waals surface area (Å²) in [5, 5.41) is 2.73. The largest absolute Gasteiger partial charge is 0.445 e. The Bertz CT molecular complexity index is 803. The molecule has 0 saturated carbocycles. The smallest absolute Gasteiger partial charge is 0.410 e.